The number of halogens is 2. The summed E-state index contributed by atoms with van der Waals surface area (Å²) in [5, 5.41) is 5.41. The number of anilines is 2. The van der Waals surface area contributed by atoms with Gasteiger partial charge < -0.3 is 10.6 Å². The number of hydrogen-bond acceptors (Lipinski definition) is 4. The maximum absolute atomic E-state index is 13.1. The van der Waals surface area contributed by atoms with Crippen LogP contribution in [0.1, 0.15) is 13.8 Å². The fourth-order valence-electron chi connectivity index (χ4n) is 2.42. The van der Waals surface area contributed by atoms with Gasteiger partial charge in [-0.2, -0.15) is 4.31 Å². The van der Waals surface area contributed by atoms with E-state index in [-0.39, 0.29) is 22.4 Å². The Bertz CT molecular complexity index is 901. The van der Waals surface area contributed by atoms with Gasteiger partial charge in [0, 0.05) is 24.5 Å². The molecule has 0 atom stereocenters. The van der Waals surface area contributed by atoms with Crippen molar-refractivity contribution in [2.45, 2.75) is 18.7 Å². The van der Waals surface area contributed by atoms with Crippen molar-refractivity contribution in [1.82, 2.24) is 4.31 Å². The number of benzene rings is 2. The van der Waals surface area contributed by atoms with Gasteiger partial charge >= 0.3 is 0 Å². The van der Waals surface area contributed by atoms with Crippen LogP contribution >= 0.6 is 11.6 Å². The molecule has 0 unspecified atom stereocenters. The van der Waals surface area contributed by atoms with Crippen molar-refractivity contribution in [3.8, 4) is 0 Å². The van der Waals surface area contributed by atoms with Crippen molar-refractivity contribution < 1.29 is 17.6 Å². The molecule has 9 heteroatoms. The Morgan fingerprint density at radius 2 is 1.67 bits per heavy atom. The molecule has 2 N–H and O–H groups in total. The Hall–Kier alpha value is -2.16. The summed E-state index contributed by atoms with van der Waals surface area (Å²) >= 11 is 5.67. The smallest absolute Gasteiger partial charge is 0.243 e. The first kappa shape index (κ1) is 21.1. The van der Waals surface area contributed by atoms with E-state index in [2.05, 4.69) is 10.6 Å². The quantitative estimate of drug-likeness (QED) is 0.693. The Kier molecular flexibility index (Phi) is 7.18. The summed E-state index contributed by atoms with van der Waals surface area (Å²) in [5.41, 5.74) is 0.981. The highest BCUT2D eigenvalue weighted by Gasteiger charge is 2.21. The lowest BCUT2D eigenvalue weighted by Gasteiger charge is -2.18. The molecule has 0 aliphatic carbocycles. The first-order chi connectivity index (χ1) is 12.8. The second-order valence-electron chi connectivity index (χ2n) is 5.64. The molecular formula is C18H21ClFN3O3S. The fourth-order valence-corrected chi connectivity index (χ4v) is 4.06. The molecule has 2 aromatic rings. The van der Waals surface area contributed by atoms with Crippen LogP contribution in [0.3, 0.4) is 0 Å². The van der Waals surface area contributed by atoms with Crippen molar-refractivity contribution >= 4 is 38.9 Å². The average molecular weight is 414 g/mol. The molecule has 0 saturated carbocycles. The van der Waals surface area contributed by atoms with Crippen LogP contribution in [0, 0.1) is 5.82 Å². The standard InChI is InChI=1S/C18H21ClFN3O3S/c1-3-23(4-2)27(25,26)15-8-5-13(6-9-15)21-12-18(24)22-14-7-10-17(20)16(19)11-14/h5-11,21H,3-4,12H2,1-2H3,(H,22,24). The zero-order valence-electron chi connectivity index (χ0n) is 15.0. The second kappa shape index (κ2) is 9.16. The van der Waals surface area contributed by atoms with Gasteiger partial charge in [0.05, 0.1) is 16.5 Å². The van der Waals surface area contributed by atoms with Gasteiger partial charge in [0.25, 0.3) is 0 Å². The van der Waals surface area contributed by atoms with E-state index in [0.717, 1.165) is 0 Å². The number of sulfonamides is 1. The Balaban J connectivity index is 1.96. The molecule has 2 aromatic carbocycles. The third kappa shape index (κ3) is 5.41. The lowest BCUT2D eigenvalue weighted by atomic mass is 10.3. The molecule has 0 fully saturated rings. The molecule has 0 aliphatic rings. The summed E-state index contributed by atoms with van der Waals surface area (Å²) in [4.78, 5) is 12.2. The summed E-state index contributed by atoms with van der Waals surface area (Å²) in [7, 11) is -3.51. The molecule has 0 aromatic heterocycles. The molecule has 0 bridgehead atoms. The van der Waals surface area contributed by atoms with Gasteiger partial charge in [-0.15, -0.1) is 0 Å². The minimum absolute atomic E-state index is 0.0445. The summed E-state index contributed by atoms with van der Waals surface area (Å²) in [6, 6.07) is 10.1. The summed E-state index contributed by atoms with van der Waals surface area (Å²) in [6.45, 7) is 4.31. The SMILES string of the molecule is CCN(CC)S(=O)(=O)c1ccc(NCC(=O)Nc2ccc(F)c(Cl)c2)cc1. The highest BCUT2D eigenvalue weighted by atomic mass is 35.5. The van der Waals surface area contributed by atoms with Crippen LogP contribution < -0.4 is 10.6 Å². The van der Waals surface area contributed by atoms with Crippen LogP contribution in [0.2, 0.25) is 5.02 Å². The van der Waals surface area contributed by atoms with E-state index in [4.69, 9.17) is 11.6 Å². The van der Waals surface area contributed by atoms with Crippen LogP contribution in [0.4, 0.5) is 15.8 Å². The highest BCUT2D eigenvalue weighted by Crippen LogP contribution is 2.20. The van der Waals surface area contributed by atoms with Crippen LogP contribution in [-0.2, 0) is 14.8 Å². The molecule has 0 saturated heterocycles. The first-order valence-electron chi connectivity index (χ1n) is 8.37. The first-order valence-corrected chi connectivity index (χ1v) is 10.2. The number of carbonyl (C=O) groups excluding carboxylic acids is 1. The number of carbonyl (C=O) groups is 1. The van der Waals surface area contributed by atoms with Crippen LogP contribution in [0.5, 0.6) is 0 Å². The van der Waals surface area contributed by atoms with Gasteiger partial charge in [-0.1, -0.05) is 25.4 Å². The lowest BCUT2D eigenvalue weighted by molar-refractivity contribution is -0.114. The second-order valence-corrected chi connectivity index (χ2v) is 7.99. The number of amides is 1. The van der Waals surface area contributed by atoms with Crippen molar-refractivity contribution in [2.24, 2.45) is 0 Å². The van der Waals surface area contributed by atoms with E-state index >= 15 is 0 Å². The number of nitrogens with one attached hydrogen (secondary N) is 2. The largest absolute Gasteiger partial charge is 0.376 e. The van der Waals surface area contributed by atoms with E-state index in [1.165, 1.54) is 34.6 Å². The fraction of sp³-hybridized carbons (Fsp3) is 0.278. The zero-order chi connectivity index (χ0) is 20.0. The van der Waals surface area contributed by atoms with E-state index in [1.807, 2.05) is 0 Å². The molecule has 6 nitrogen and oxygen atoms in total. The maximum atomic E-state index is 13.1. The number of hydrogen-bond donors (Lipinski definition) is 2. The van der Waals surface area contributed by atoms with Gasteiger partial charge in [-0.05, 0) is 42.5 Å². The van der Waals surface area contributed by atoms with Crippen molar-refractivity contribution in [3.05, 3.63) is 53.3 Å². The van der Waals surface area contributed by atoms with Crippen molar-refractivity contribution in [3.63, 3.8) is 0 Å². The van der Waals surface area contributed by atoms with Crippen LogP contribution in [-0.4, -0.2) is 38.3 Å². The van der Waals surface area contributed by atoms with Crippen molar-refractivity contribution in [2.75, 3.05) is 30.3 Å². The molecule has 2 rings (SSSR count). The van der Waals surface area contributed by atoms with Gasteiger partial charge in [-0.3, -0.25) is 4.79 Å². The predicted molar refractivity (Wildman–Crippen MR) is 105 cm³/mol. The molecule has 146 valence electrons. The Morgan fingerprint density at radius 1 is 1.07 bits per heavy atom. The normalized spacial score (nSPS) is 11.4. The molecule has 0 aliphatic heterocycles. The molecular weight excluding hydrogens is 393 g/mol. The number of nitrogens with zero attached hydrogens (tertiary/aromatic N) is 1. The topological polar surface area (TPSA) is 78.5 Å². The minimum Gasteiger partial charge on any atom is -0.376 e. The molecule has 0 heterocycles. The average Bonchev–Trinajstić information content (AvgIpc) is 2.64. The van der Waals surface area contributed by atoms with Gasteiger partial charge in [0.15, 0.2) is 0 Å². The number of rotatable bonds is 8. The lowest BCUT2D eigenvalue weighted by Crippen LogP contribution is -2.30. The summed E-state index contributed by atoms with van der Waals surface area (Å²) in [6.07, 6.45) is 0. The molecule has 1 amide bonds. The third-order valence-electron chi connectivity index (χ3n) is 3.85. The van der Waals surface area contributed by atoms with E-state index in [0.29, 0.717) is 24.5 Å². The molecule has 0 spiro atoms. The van der Waals surface area contributed by atoms with Crippen molar-refractivity contribution in [1.29, 1.82) is 0 Å². The van der Waals surface area contributed by atoms with Crippen LogP contribution in [0.15, 0.2) is 47.4 Å². The van der Waals surface area contributed by atoms with Gasteiger partial charge in [-0.25, -0.2) is 12.8 Å². The maximum Gasteiger partial charge on any atom is 0.243 e. The predicted octanol–water partition coefficient (Wildman–Crippen LogP) is 3.56. The minimum atomic E-state index is -3.51. The summed E-state index contributed by atoms with van der Waals surface area (Å²) < 4.78 is 39.3. The zero-order valence-corrected chi connectivity index (χ0v) is 16.6. The van der Waals surface area contributed by atoms with E-state index < -0.39 is 15.8 Å². The summed E-state index contributed by atoms with van der Waals surface area (Å²) in [5.74, 6) is -0.912. The van der Waals surface area contributed by atoms with Gasteiger partial charge in [0.2, 0.25) is 15.9 Å². The third-order valence-corrected chi connectivity index (χ3v) is 6.21. The van der Waals surface area contributed by atoms with Crippen LogP contribution in [0.25, 0.3) is 0 Å². The highest BCUT2D eigenvalue weighted by molar-refractivity contribution is 7.89. The van der Waals surface area contributed by atoms with E-state index in [9.17, 15) is 17.6 Å². The van der Waals surface area contributed by atoms with E-state index in [1.54, 1.807) is 26.0 Å². The molecule has 0 radical (unpaired) electrons. The Morgan fingerprint density at radius 3 is 2.22 bits per heavy atom. The molecule has 27 heavy (non-hydrogen) atoms. The Labute approximate surface area is 163 Å². The van der Waals surface area contributed by atoms with Gasteiger partial charge in [0.1, 0.15) is 5.82 Å². The monoisotopic (exact) mass is 413 g/mol.